The minimum atomic E-state index is -3.17. The van der Waals surface area contributed by atoms with E-state index >= 15 is 4.39 Å². The first-order valence-electron chi connectivity index (χ1n) is 14.5. The number of fused-ring (bicyclic) bond motifs is 2. The number of aromatic nitrogens is 6. The monoisotopic (exact) mass is 614 g/mol. The van der Waals surface area contributed by atoms with Crippen LogP contribution in [-0.4, -0.2) is 80.0 Å². The summed E-state index contributed by atoms with van der Waals surface area (Å²) in [5.74, 6) is -0.706. The van der Waals surface area contributed by atoms with E-state index in [1.165, 1.54) is 22.7 Å². The van der Waals surface area contributed by atoms with Crippen LogP contribution in [0.25, 0.3) is 28.3 Å². The van der Waals surface area contributed by atoms with Gasteiger partial charge in [0.15, 0.2) is 15.5 Å². The van der Waals surface area contributed by atoms with Crippen molar-refractivity contribution in [3.63, 3.8) is 0 Å². The Morgan fingerprint density at radius 2 is 1.84 bits per heavy atom. The lowest BCUT2D eigenvalue weighted by Gasteiger charge is -2.35. The lowest BCUT2D eigenvalue weighted by atomic mass is 9.93. The van der Waals surface area contributed by atoms with E-state index in [9.17, 15) is 13.2 Å². The van der Waals surface area contributed by atoms with Crippen molar-refractivity contribution in [1.29, 1.82) is 0 Å². The summed E-state index contributed by atoms with van der Waals surface area (Å²) in [5.41, 5.74) is 5.18. The van der Waals surface area contributed by atoms with E-state index in [4.69, 9.17) is 0 Å². The van der Waals surface area contributed by atoms with Gasteiger partial charge in [-0.1, -0.05) is 24.3 Å². The van der Waals surface area contributed by atoms with Gasteiger partial charge in [-0.25, -0.2) is 22.3 Å². The zero-order valence-electron chi connectivity index (χ0n) is 24.6. The molecule has 1 saturated heterocycles. The molecule has 11 nitrogen and oxygen atoms in total. The Balaban J connectivity index is 1.26. The summed E-state index contributed by atoms with van der Waals surface area (Å²) in [4.78, 5) is 23.7. The van der Waals surface area contributed by atoms with E-state index in [0.29, 0.717) is 54.5 Å². The number of hydrogen-bond acceptors (Lipinski definition) is 8. The molecule has 0 radical (unpaired) electrons. The molecule has 2 atom stereocenters. The molecule has 0 saturated carbocycles. The maximum atomic E-state index is 15.6. The van der Waals surface area contributed by atoms with Gasteiger partial charge in [-0.3, -0.25) is 4.79 Å². The van der Waals surface area contributed by atoms with Crippen LogP contribution in [0, 0.1) is 5.82 Å². The molecule has 0 spiro atoms. The Morgan fingerprint density at radius 3 is 2.57 bits per heavy atom. The van der Waals surface area contributed by atoms with Gasteiger partial charge >= 0.3 is 0 Å². The van der Waals surface area contributed by atoms with Crippen LogP contribution in [0.5, 0.6) is 0 Å². The lowest BCUT2D eigenvalue weighted by Crippen LogP contribution is -2.39. The van der Waals surface area contributed by atoms with Gasteiger partial charge in [-0.05, 0) is 55.2 Å². The molecule has 226 valence electrons. The number of rotatable bonds is 5. The molecule has 0 bridgehead atoms. The highest BCUT2D eigenvalue weighted by Crippen LogP contribution is 2.33. The van der Waals surface area contributed by atoms with E-state index in [2.05, 4.69) is 32.4 Å². The maximum Gasteiger partial charge on any atom is 0.273 e. The number of benzene rings is 2. The molecular formula is C31H31FN8O3S. The van der Waals surface area contributed by atoms with Gasteiger partial charge in [0.2, 0.25) is 0 Å². The lowest BCUT2D eigenvalue weighted by molar-refractivity contribution is 0.0672. The van der Waals surface area contributed by atoms with Crippen LogP contribution in [0.1, 0.15) is 41.0 Å². The topological polar surface area (TPSA) is 119 Å². The van der Waals surface area contributed by atoms with Crippen LogP contribution in [0.15, 0.2) is 60.8 Å². The smallest absolute Gasteiger partial charge is 0.273 e. The molecule has 44 heavy (non-hydrogen) atoms. The fourth-order valence-corrected chi connectivity index (χ4v) is 7.26. The zero-order chi connectivity index (χ0) is 30.7. The molecule has 0 unspecified atom stereocenters. The van der Waals surface area contributed by atoms with Crippen LogP contribution >= 0.6 is 0 Å². The molecule has 1 fully saturated rings. The Morgan fingerprint density at radius 1 is 1.02 bits per heavy atom. The molecule has 3 aromatic heterocycles. The van der Waals surface area contributed by atoms with Crippen molar-refractivity contribution in [1.82, 2.24) is 34.5 Å². The number of halogens is 1. The van der Waals surface area contributed by atoms with Crippen LogP contribution in [0.4, 0.5) is 10.1 Å². The Kier molecular flexibility index (Phi) is 6.72. The van der Waals surface area contributed by atoms with Gasteiger partial charge in [0.1, 0.15) is 17.2 Å². The Labute approximate surface area is 253 Å². The first-order chi connectivity index (χ1) is 21.1. The van der Waals surface area contributed by atoms with Crippen molar-refractivity contribution in [2.24, 2.45) is 7.05 Å². The van der Waals surface area contributed by atoms with Crippen molar-refractivity contribution in [3.8, 4) is 22.6 Å². The van der Waals surface area contributed by atoms with Crippen molar-refractivity contribution in [3.05, 3.63) is 83.4 Å². The second kappa shape index (κ2) is 10.5. The standard InChI is InChI=1S/C31H31FN8O3S/c1-19-23-7-5-4-6-20(23)10-13-39(19)31(41)27-15-29(28-17-33-37(2)35-28)40-30(34-27)16-26(36-40)24-9-8-21(14-25(24)32)38-12-11-22(18-38)44(3,42)43/h4-9,14-17,19,22H,10-13,18H2,1-3H3/t19-,22+/m1/s1. The van der Waals surface area contributed by atoms with Crippen LogP contribution < -0.4 is 4.90 Å². The second-order valence-electron chi connectivity index (χ2n) is 11.5. The number of amides is 1. The van der Waals surface area contributed by atoms with E-state index in [1.54, 1.807) is 42.0 Å². The Bertz CT molecular complexity index is 2040. The summed E-state index contributed by atoms with van der Waals surface area (Å²) >= 11 is 0. The molecule has 5 aromatic rings. The van der Waals surface area contributed by atoms with Gasteiger partial charge in [-0.2, -0.15) is 20.1 Å². The molecule has 5 heterocycles. The summed E-state index contributed by atoms with van der Waals surface area (Å²) in [6.45, 7) is 3.45. The van der Waals surface area contributed by atoms with Crippen molar-refractivity contribution < 1.29 is 17.6 Å². The van der Waals surface area contributed by atoms with Crippen LogP contribution in [0.2, 0.25) is 0 Å². The number of aryl methyl sites for hydroxylation is 1. The molecule has 2 aliphatic rings. The number of sulfone groups is 1. The molecule has 2 aliphatic heterocycles. The molecular weight excluding hydrogens is 583 g/mol. The van der Waals surface area contributed by atoms with Gasteiger partial charge < -0.3 is 9.80 Å². The summed E-state index contributed by atoms with van der Waals surface area (Å²) < 4.78 is 41.1. The minimum Gasteiger partial charge on any atom is -0.370 e. The molecule has 7 rings (SSSR count). The fraction of sp³-hybridized carbons (Fsp3) is 0.323. The first-order valence-corrected chi connectivity index (χ1v) is 16.4. The van der Waals surface area contributed by atoms with Crippen molar-refractivity contribution in [2.45, 2.75) is 31.1 Å². The third-order valence-electron chi connectivity index (χ3n) is 8.71. The van der Waals surface area contributed by atoms with E-state index in [-0.39, 0.29) is 23.2 Å². The number of nitrogens with zero attached hydrogens (tertiary/aromatic N) is 8. The van der Waals surface area contributed by atoms with E-state index < -0.39 is 20.9 Å². The zero-order valence-corrected chi connectivity index (χ0v) is 25.4. The summed E-state index contributed by atoms with van der Waals surface area (Å²) in [5, 5.41) is 12.8. The first kappa shape index (κ1) is 28.1. The molecule has 0 aliphatic carbocycles. The number of carbonyl (C=O) groups is 1. The number of carbonyl (C=O) groups excluding carboxylic acids is 1. The summed E-state index contributed by atoms with van der Waals surface area (Å²) in [6, 6.07) is 16.2. The highest BCUT2D eigenvalue weighted by molar-refractivity contribution is 7.91. The van der Waals surface area contributed by atoms with Gasteiger partial charge in [0.05, 0.1) is 28.9 Å². The Hall–Kier alpha value is -4.65. The van der Waals surface area contributed by atoms with Crippen molar-refractivity contribution in [2.75, 3.05) is 30.8 Å². The summed E-state index contributed by atoms with van der Waals surface area (Å²) in [6.07, 6.45) is 4.08. The normalized spacial score (nSPS) is 18.6. The van der Waals surface area contributed by atoms with Gasteiger partial charge in [-0.15, -0.1) is 0 Å². The second-order valence-corrected chi connectivity index (χ2v) is 13.8. The minimum absolute atomic E-state index is 0.123. The largest absolute Gasteiger partial charge is 0.370 e. The SMILES string of the molecule is C[C@@H]1c2ccccc2CCN1C(=O)c1cc(-c2cnn(C)n2)n2nc(-c3ccc(N4CC[C@H](S(C)(=O)=O)C4)cc3F)cc2n1. The molecule has 2 aromatic carbocycles. The third kappa shape index (κ3) is 4.90. The predicted octanol–water partition coefficient (Wildman–Crippen LogP) is 3.71. The molecule has 13 heteroatoms. The van der Waals surface area contributed by atoms with E-state index in [1.807, 2.05) is 28.9 Å². The quantitative estimate of drug-likeness (QED) is 0.294. The predicted molar refractivity (Wildman–Crippen MR) is 163 cm³/mol. The van der Waals surface area contributed by atoms with E-state index in [0.717, 1.165) is 12.0 Å². The highest BCUT2D eigenvalue weighted by Gasteiger charge is 2.32. The summed E-state index contributed by atoms with van der Waals surface area (Å²) in [7, 11) is -1.47. The molecule has 1 amide bonds. The third-order valence-corrected chi connectivity index (χ3v) is 10.3. The van der Waals surface area contributed by atoms with Gasteiger partial charge in [0, 0.05) is 50.3 Å². The average molecular weight is 615 g/mol. The molecule has 0 N–H and O–H groups in total. The van der Waals surface area contributed by atoms with Crippen LogP contribution in [0.3, 0.4) is 0 Å². The van der Waals surface area contributed by atoms with Crippen molar-refractivity contribution >= 4 is 27.1 Å². The average Bonchev–Trinajstić information content (AvgIpc) is 3.76. The van der Waals surface area contributed by atoms with Gasteiger partial charge in [0.25, 0.3) is 5.91 Å². The maximum absolute atomic E-state index is 15.6. The van der Waals surface area contributed by atoms with Crippen LogP contribution in [-0.2, 0) is 23.3 Å². The number of hydrogen-bond donors (Lipinski definition) is 0. The number of anilines is 1. The fourth-order valence-electron chi connectivity index (χ4n) is 6.28. The highest BCUT2D eigenvalue weighted by atomic mass is 32.2.